The van der Waals surface area contributed by atoms with Gasteiger partial charge in [0.1, 0.15) is 16.7 Å². The SMILES string of the molecule is CCN1C[C@@H](CN(C)S(=O)(=O)c2c(C)nn(C)c2C)Oc2ccccc21. The molecule has 0 fully saturated rings. The van der Waals surface area contributed by atoms with Crippen molar-refractivity contribution in [2.75, 3.05) is 31.6 Å². The van der Waals surface area contributed by atoms with Crippen molar-refractivity contribution in [1.82, 2.24) is 14.1 Å². The summed E-state index contributed by atoms with van der Waals surface area (Å²) < 4.78 is 35.2. The van der Waals surface area contributed by atoms with E-state index in [0.717, 1.165) is 18.0 Å². The molecule has 0 amide bonds. The maximum atomic E-state index is 13.1. The first kappa shape index (κ1) is 18.7. The van der Waals surface area contributed by atoms with Crippen LogP contribution in [0.15, 0.2) is 29.2 Å². The summed E-state index contributed by atoms with van der Waals surface area (Å²) in [6, 6.07) is 7.86. The second-order valence-electron chi connectivity index (χ2n) is 6.66. The minimum Gasteiger partial charge on any atom is -0.485 e. The van der Waals surface area contributed by atoms with Crippen LogP contribution in [0.1, 0.15) is 18.3 Å². The first-order chi connectivity index (χ1) is 12.3. The Labute approximate surface area is 155 Å². The fraction of sp³-hybridized carbons (Fsp3) is 0.500. The molecule has 8 heteroatoms. The van der Waals surface area contributed by atoms with E-state index in [0.29, 0.717) is 17.9 Å². The van der Waals surface area contributed by atoms with E-state index in [4.69, 9.17) is 4.74 Å². The zero-order chi connectivity index (χ0) is 19.1. The number of anilines is 1. The zero-order valence-corrected chi connectivity index (χ0v) is 16.7. The van der Waals surface area contributed by atoms with Gasteiger partial charge in [-0.05, 0) is 32.9 Å². The smallest absolute Gasteiger partial charge is 0.246 e. The quantitative estimate of drug-likeness (QED) is 0.795. The Hall–Kier alpha value is -2.06. The lowest BCUT2D eigenvalue weighted by atomic mass is 10.2. The predicted molar refractivity (Wildman–Crippen MR) is 101 cm³/mol. The Morgan fingerprint density at radius 1 is 1.31 bits per heavy atom. The molecular formula is C18H26N4O3S. The normalized spacial score (nSPS) is 17.3. The van der Waals surface area contributed by atoms with E-state index in [-0.39, 0.29) is 17.5 Å². The molecule has 1 aliphatic heterocycles. The molecule has 0 spiro atoms. The van der Waals surface area contributed by atoms with Gasteiger partial charge in [0.2, 0.25) is 10.0 Å². The molecule has 3 rings (SSSR count). The lowest BCUT2D eigenvalue weighted by molar-refractivity contribution is 0.171. The van der Waals surface area contributed by atoms with Crippen LogP contribution >= 0.6 is 0 Å². The summed E-state index contributed by atoms with van der Waals surface area (Å²) in [5, 5.41) is 4.23. The fourth-order valence-electron chi connectivity index (χ4n) is 3.44. The number of aromatic nitrogens is 2. The molecule has 0 bridgehead atoms. The molecule has 1 aromatic carbocycles. The summed E-state index contributed by atoms with van der Waals surface area (Å²) in [6.45, 7) is 7.35. The highest BCUT2D eigenvalue weighted by Crippen LogP contribution is 2.33. The van der Waals surface area contributed by atoms with Crippen LogP contribution in [-0.2, 0) is 17.1 Å². The van der Waals surface area contributed by atoms with Gasteiger partial charge in [0.15, 0.2) is 0 Å². The molecule has 1 atom stereocenters. The number of sulfonamides is 1. The van der Waals surface area contributed by atoms with Crippen LogP contribution in [0.2, 0.25) is 0 Å². The summed E-state index contributed by atoms with van der Waals surface area (Å²) in [7, 11) is -0.279. The van der Waals surface area contributed by atoms with Gasteiger partial charge in [0, 0.05) is 20.6 Å². The van der Waals surface area contributed by atoms with Crippen molar-refractivity contribution in [3.05, 3.63) is 35.7 Å². The number of benzene rings is 1. The molecule has 1 aliphatic rings. The van der Waals surface area contributed by atoms with Gasteiger partial charge in [0.05, 0.1) is 30.2 Å². The molecule has 0 radical (unpaired) electrons. The van der Waals surface area contributed by atoms with Gasteiger partial charge in [-0.1, -0.05) is 12.1 Å². The van der Waals surface area contributed by atoms with E-state index >= 15 is 0 Å². The molecule has 26 heavy (non-hydrogen) atoms. The average molecular weight is 378 g/mol. The molecule has 2 heterocycles. The van der Waals surface area contributed by atoms with Gasteiger partial charge in [-0.2, -0.15) is 9.40 Å². The molecule has 0 saturated carbocycles. The van der Waals surface area contributed by atoms with Crippen LogP contribution in [0.5, 0.6) is 5.75 Å². The number of ether oxygens (including phenoxy) is 1. The lowest BCUT2D eigenvalue weighted by Gasteiger charge is -2.37. The van der Waals surface area contributed by atoms with Crippen LogP contribution < -0.4 is 9.64 Å². The van der Waals surface area contributed by atoms with Gasteiger partial charge in [-0.3, -0.25) is 4.68 Å². The van der Waals surface area contributed by atoms with Crippen LogP contribution in [0.3, 0.4) is 0 Å². The Morgan fingerprint density at radius 3 is 2.62 bits per heavy atom. The Balaban J connectivity index is 1.83. The summed E-state index contributed by atoms with van der Waals surface area (Å²) in [6.07, 6.45) is -0.234. The highest BCUT2D eigenvalue weighted by molar-refractivity contribution is 7.89. The first-order valence-corrected chi connectivity index (χ1v) is 10.2. The van der Waals surface area contributed by atoms with Gasteiger partial charge in [-0.15, -0.1) is 0 Å². The minimum atomic E-state index is -3.63. The van der Waals surface area contributed by atoms with E-state index in [9.17, 15) is 8.42 Å². The molecule has 0 saturated heterocycles. The summed E-state index contributed by atoms with van der Waals surface area (Å²) in [4.78, 5) is 2.50. The molecular weight excluding hydrogens is 352 g/mol. The van der Waals surface area contributed by atoms with Gasteiger partial charge < -0.3 is 9.64 Å². The largest absolute Gasteiger partial charge is 0.485 e. The van der Waals surface area contributed by atoms with Crippen molar-refractivity contribution in [3.8, 4) is 5.75 Å². The second kappa shape index (κ2) is 6.92. The van der Waals surface area contributed by atoms with Gasteiger partial charge >= 0.3 is 0 Å². The number of fused-ring (bicyclic) bond motifs is 1. The Morgan fingerprint density at radius 2 is 2.00 bits per heavy atom. The van der Waals surface area contributed by atoms with Crippen molar-refractivity contribution in [1.29, 1.82) is 0 Å². The molecule has 7 nitrogen and oxygen atoms in total. The van der Waals surface area contributed by atoms with Crippen molar-refractivity contribution >= 4 is 15.7 Å². The van der Waals surface area contributed by atoms with E-state index in [1.165, 1.54) is 4.31 Å². The van der Waals surface area contributed by atoms with Crippen LogP contribution in [-0.4, -0.2) is 55.3 Å². The van der Waals surface area contributed by atoms with E-state index in [1.54, 1.807) is 32.6 Å². The van der Waals surface area contributed by atoms with Crippen LogP contribution in [0, 0.1) is 13.8 Å². The Kier molecular flexibility index (Phi) is 4.98. The van der Waals surface area contributed by atoms with Crippen LogP contribution in [0.25, 0.3) is 0 Å². The number of rotatable bonds is 5. The van der Waals surface area contributed by atoms with Crippen molar-refractivity contribution in [2.24, 2.45) is 7.05 Å². The summed E-state index contributed by atoms with van der Waals surface area (Å²) in [5.74, 6) is 0.796. The zero-order valence-electron chi connectivity index (χ0n) is 15.9. The summed E-state index contributed by atoms with van der Waals surface area (Å²) >= 11 is 0. The minimum absolute atomic E-state index is 0.234. The number of hydrogen-bond acceptors (Lipinski definition) is 5. The maximum Gasteiger partial charge on any atom is 0.246 e. The predicted octanol–water partition coefficient (Wildman–Crippen LogP) is 1.94. The third-order valence-electron chi connectivity index (χ3n) is 4.88. The fourth-order valence-corrected chi connectivity index (χ4v) is 5.04. The highest BCUT2D eigenvalue weighted by atomic mass is 32.2. The second-order valence-corrected chi connectivity index (χ2v) is 8.64. The van der Waals surface area contributed by atoms with Crippen molar-refractivity contribution in [2.45, 2.75) is 31.8 Å². The van der Waals surface area contributed by atoms with Crippen molar-refractivity contribution < 1.29 is 13.2 Å². The topological polar surface area (TPSA) is 67.7 Å². The van der Waals surface area contributed by atoms with Gasteiger partial charge in [-0.25, -0.2) is 8.42 Å². The Bertz CT molecular complexity index is 907. The first-order valence-electron chi connectivity index (χ1n) is 8.72. The highest BCUT2D eigenvalue weighted by Gasteiger charge is 2.32. The van der Waals surface area contributed by atoms with E-state index in [1.807, 2.05) is 24.3 Å². The number of aryl methyl sites for hydroxylation is 2. The van der Waals surface area contributed by atoms with Crippen molar-refractivity contribution in [3.63, 3.8) is 0 Å². The third-order valence-corrected chi connectivity index (χ3v) is 6.95. The number of likely N-dealkylation sites (N-methyl/N-ethyl adjacent to an activating group) is 2. The third kappa shape index (κ3) is 3.19. The molecule has 0 N–H and O–H groups in total. The monoisotopic (exact) mass is 378 g/mol. The number of nitrogens with zero attached hydrogens (tertiary/aromatic N) is 4. The number of hydrogen-bond donors (Lipinski definition) is 0. The average Bonchev–Trinajstić information content (AvgIpc) is 2.86. The molecule has 1 aromatic heterocycles. The molecule has 0 unspecified atom stereocenters. The van der Waals surface area contributed by atoms with E-state index in [2.05, 4.69) is 16.9 Å². The molecule has 2 aromatic rings. The number of para-hydroxylation sites is 2. The van der Waals surface area contributed by atoms with Crippen LogP contribution in [0.4, 0.5) is 5.69 Å². The summed E-state index contributed by atoms with van der Waals surface area (Å²) in [5.41, 5.74) is 2.21. The standard InChI is InChI=1S/C18H26N4O3S/c1-6-22-12-15(25-17-10-8-7-9-16(17)22)11-20(4)26(23,24)18-13(2)19-21(5)14(18)3/h7-10,15H,6,11-12H2,1-5H3/t15-/m1/s1. The molecule has 0 aliphatic carbocycles. The van der Waals surface area contributed by atoms with E-state index < -0.39 is 10.0 Å². The van der Waals surface area contributed by atoms with Gasteiger partial charge in [0.25, 0.3) is 0 Å². The molecule has 142 valence electrons. The maximum absolute atomic E-state index is 13.1. The lowest BCUT2D eigenvalue weighted by Crippen LogP contribution is -2.46.